The summed E-state index contributed by atoms with van der Waals surface area (Å²) in [7, 11) is 1.42. The SMILES string of the molecule is COc1cc(F)c(C(C)C)cc1-c1cnc(N2CCC2)nc1CN1COC(c2cc(C(F)(F)F)cc(C(F)(F)F)c2)C1C. The van der Waals surface area contributed by atoms with Gasteiger partial charge in [0.25, 0.3) is 0 Å². The molecule has 0 spiro atoms. The van der Waals surface area contributed by atoms with Crippen LogP contribution in [-0.4, -0.2) is 47.8 Å². The van der Waals surface area contributed by atoms with Crippen LogP contribution in [0, 0.1) is 5.82 Å². The van der Waals surface area contributed by atoms with Gasteiger partial charge >= 0.3 is 12.4 Å². The van der Waals surface area contributed by atoms with Crippen LogP contribution in [-0.2, 0) is 23.6 Å². The lowest BCUT2D eigenvalue weighted by Crippen LogP contribution is -2.38. The number of anilines is 1. The lowest BCUT2D eigenvalue weighted by Gasteiger charge is -2.31. The van der Waals surface area contributed by atoms with Crippen LogP contribution in [0.4, 0.5) is 36.7 Å². The fraction of sp³-hybridized carbons (Fsp3) is 0.467. The van der Waals surface area contributed by atoms with Gasteiger partial charge in [0, 0.05) is 49.1 Å². The van der Waals surface area contributed by atoms with Crippen molar-refractivity contribution in [3.05, 3.63) is 70.3 Å². The minimum atomic E-state index is -4.97. The van der Waals surface area contributed by atoms with Crippen LogP contribution < -0.4 is 9.64 Å². The minimum Gasteiger partial charge on any atom is -0.496 e. The van der Waals surface area contributed by atoms with Crippen LogP contribution in [0.3, 0.4) is 0 Å². The Bertz CT molecular complexity index is 1460. The van der Waals surface area contributed by atoms with E-state index in [1.807, 2.05) is 18.7 Å². The Hall–Kier alpha value is -3.45. The van der Waals surface area contributed by atoms with Gasteiger partial charge in [-0.3, -0.25) is 4.90 Å². The monoisotopic (exact) mass is 612 g/mol. The molecule has 2 fully saturated rings. The number of aromatic nitrogens is 2. The molecule has 2 unspecified atom stereocenters. The predicted molar refractivity (Wildman–Crippen MR) is 145 cm³/mol. The maximum atomic E-state index is 14.8. The molecule has 0 saturated carbocycles. The summed E-state index contributed by atoms with van der Waals surface area (Å²) in [5, 5.41) is 0. The lowest BCUT2D eigenvalue weighted by atomic mass is 9.95. The smallest absolute Gasteiger partial charge is 0.416 e. The molecule has 2 aliphatic heterocycles. The Morgan fingerprint density at radius 3 is 2.16 bits per heavy atom. The van der Waals surface area contributed by atoms with E-state index >= 15 is 0 Å². The van der Waals surface area contributed by atoms with Crippen molar-refractivity contribution in [3.63, 3.8) is 0 Å². The number of hydrogen-bond donors (Lipinski definition) is 0. The van der Waals surface area contributed by atoms with Crippen LogP contribution in [0.1, 0.15) is 67.2 Å². The number of nitrogens with zero attached hydrogens (tertiary/aromatic N) is 4. The third-order valence-corrected chi connectivity index (χ3v) is 7.95. The van der Waals surface area contributed by atoms with Crippen molar-refractivity contribution in [1.82, 2.24) is 14.9 Å². The average molecular weight is 613 g/mol. The Morgan fingerprint density at radius 1 is 0.977 bits per heavy atom. The van der Waals surface area contributed by atoms with E-state index in [0.717, 1.165) is 19.5 Å². The quantitative estimate of drug-likeness (QED) is 0.257. The van der Waals surface area contributed by atoms with E-state index in [9.17, 15) is 30.7 Å². The summed E-state index contributed by atoms with van der Waals surface area (Å²) < 4.78 is 107. The molecule has 2 atom stereocenters. The maximum Gasteiger partial charge on any atom is 0.416 e. The van der Waals surface area contributed by atoms with Gasteiger partial charge in [0.1, 0.15) is 18.3 Å². The van der Waals surface area contributed by atoms with Crippen molar-refractivity contribution in [2.45, 2.75) is 64.2 Å². The van der Waals surface area contributed by atoms with Gasteiger partial charge in [-0.2, -0.15) is 26.3 Å². The van der Waals surface area contributed by atoms with Gasteiger partial charge in [-0.1, -0.05) is 13.8 Å². The maximum absolute atomic E-state index is 14.8. The van der Waals surface area contributed by atoms with Gasteiger partial charge in [0.15, 0.2) is 0 Å². The highest BCUT2D eigenvalue weighted by Gasteiger charge is 2.40. The van der Waals surface area contributed by atoms with E-state index in [1.54, 1.807) is 24.1 Å². The summed E-state index contributed by atoms with van der Waals surface area (Å²) in [6.07, 6.45) is -8.37. The zero-order valence-corrected chi connectivity index (χ0v) is 24.0. The first-order valence-electron chi connectivity index (χ1n) is 13.8. The van der Waals surface area contributed by atoms with Crippen LogP contribution in [0.15, 0.2) is 36.5 Å². The molecule has 13 heteroatoms. The second-order valence-corrected chi connectivity index (χ2v) is 11.1. The van der Waals surface area contributed by atoms with Crippen molar-refractivity contribution in [1.29, 1.82) is 0 Å². The predicted octanol–water partition coefficient (Wildman–Crippen LogP) is 7.58. The summed E-state index contributed by atoms with van der Waals surface area (Å²) in [5.74, 6) is 0.220. The van der Waals surface area contributed by atoms with E-state index < -0.39 is 41.4 Å². The minimum absolute atomic E-state index is 0.0658. The Kier molecular flexibility index (Phi) is 8.34. The van der Waals surface area contributed by atoms with E-state index in [4.69, 9.17) is 14.5 Å². The third kappa shape index (κ3) is 6.28. The number of benzene rings is 2. The molecule has 3 heterocycles. The summed E-state index contributed by atoms with van der Waals surface area (Å²) in [4.78, 5) is 13.1. The molecule has 2 aliphatic rings. The molecule has 5 rings (SSSR count). The zero-order valence-electron chi connectivity index (χ0n) is 24.0. The lowest BCUT2D eigenvalue weighted by molar-refractivity contribution is -0.143. The number of halogens is 7. The molecule has 0 bridgehead atoms. The van der Waals surface area contributed by atoms with Gasteiger partial charge in [-0.15, -0.1) is 0 Å². The number of hydrogen-bond acceptors (Lipinski definition) is 6. The topological polar surface area (TPSA) is 50.7 Å². The standard InChI is InChI=1S/C30H31F7N4O2/c1-16(2)21-11-22(26(42-4)12-24(21)31)23-13-38-28(40-6-5-7-40)39-25(23)14-41-15-43-27(17(41)3)18-8-19(29(32,33)34)10-20(9-18)30(35,36)37/h8-13,16-17,27H,5-7,14-15H2,1-4H3. The van der Waals surface area contributed by atoms with Gasteiger partial charge in [0.05, 0.1) is 30.0 Å². The first-order chi connectivity index (χ1) is 20.2. The van der Waals surface area contributed by atoms with Crippen LogP contribution in [0.5, 0.6) is 5.75 Å². The summed E-state index contributed by atoms with van der Waals surface area (Å²) in [6.45, 7) is 7.03. The first kappa shape index (κ1) is 31.0. The highest BCUT2D eigenvalue weighted by molar-refractivity contribution is 5.73. The van der Waals surface area contributed by atoms with Crippen LogP contribution in [0.25, 0.3) is 11.1 Å². The van der Waals surface area contributed by atoms with Gasteiger partial charge in [0.2, 0.25) is 5.95 Å². The molecule has 2 saturated heterocycles. The van der Waals surface area contributed by atoms with Crippen LogP contribution >= 0.6 is 0 Å². The molecule has 0 aliphatic carbocycles. The van der Waals surface area contributed by atoms with Crippen molar-refractivity contribution < 1.29 is 40.2 Å². The van der Waals surface area contributed by atoms with Crippen molar-refractivity contribution in [3.8, 4) is 16.9 Å². The third-order valence-electron chi connectivity index (χ3n) is 7.95. The molecule has 0 amide bonds. The Morgan fingerprint density at radius 2 is 1.63 bits per heavy atom. The van der Waals surface area contributed by atoms with E-state index in [1.165, 1.54) is 13.2 Å². The summed E-state index contributed by atoms with van der Waals surface area (Å²) in [5.41, 5.74) is -0.874. The van der Waals surface area contributed by atoms with Crippen LogP contribution in [0.2, 0.25) is 0 Å². The molecule has 232 valence electrons. The molecule has 1 aromatic heterocycles. The summed E-state index contributed by atoms with van der Waals surface area (Å²) >= 11 is 0. The Balaban J connectivity index is 1.52. The van der Waals surface area contributed by atoms with Gasteiger partial charge in [-0.05, 0) is 54.7 Å². The number of methoxy groups -OCH3 is 1. The Labute approximate surface area is 244 Å². The zero-order chi connectivity index (χ0) is 31.3. The van der Waals surface area contributed by atoms with Crippen molar-refractivity contribution >= 4 is 5.95 Å². The largest absolute Gasteiger partial charge is 0.496 e. The van der Waals surface area contributed by atoms with Gasteiger partial charge < -0.3 is 14.4 Å². The number of rotatable bonds is 7. The molecule has 2 aromatic carbocycles. The average Bonchev–Trinajstić information content (AvgIpc) is 3.26. The fourth-order valence-corrected chi connectivity index (χ4v) is 5.34. The second kappa shape index (κ2) is 11.6. The molecule has 0 radical (unpaired) electrons. The number of alkyl halides is 6. The normalized spacial score (nSPS) is 19.7. The molecule has 6 nitrogen and oxygen atoms in total. The molecule has 43 heavy (non-hydrogen) atoms. The van der Waals surface area contributed by atoms with E-state index in [-0.39, 0.29) is 36.6 Å². The highest BCUT2D eigenvalue weighted by atomic mass is 19.4. The van der Waals surface area contributed by atoms with Crippen molar-refractivity contribution in [2.75, 3.05) is 31.8 Å². The van der Waals surface area contributed by atoms with E-state index in [2.05, 4.69) is 4.98 Å². The molecule has 3 aromatic rings. The first-order valence-corrected chi connectivity index (χ1v) is 13.8. The molecule has 0 N–H and O–H groups in total. The van der Waals surface area contributed by atoms with E-state index in [0.29, 0.717) is 40.5 Å². The summed E-state index contributed by atoms with van der Waals surface area (Å²) in [6, 6.07) is 3.90. The van der Waals surface area contributed by atoms with Crippen molar-refractivity contribution in [2.24, 2.45) is 0 Å². The number of ether oxygens (including phenoxy) is 2. The second-order valence-electron chi connectivity index (χ2n) is 11.1. The van der Waals surface area contributed by atoms with Gasteiger partial charge in [-0.25, -0.2) is 14.4 Å². The fourth-order valence-electron chi connectivity index (χ4n) is 5.34. The highest BCUT2D eigenvalue weighted by Crippen LogP contribution is 2.42. The molecular weight excluding hydrogens is 581 g/mol. The molecular formula is C30H31F7N4O2.